The van der Waals surface area contributed by atoms with Crippen LogP contribution in [0.4, 0.5) is 0 Å². The Hall–Kier alpha value is -1.96. The zero-order valence-electron chi connectivity index (χ0n) is 12.1. The molecule has 9 heteroatoms. The maximum Gasteiger partial charge on any atom is 0.352 e. The fourth-order valence-corrected chi connectivity index (χ4v) is 2.54. The lowest BCUT2D eigenvalue weighted by atomic mass is 10.2. The maximum atomic E-state index is 11.5. The maximum absolute atomic E-state index is 11.5. The largest absolute Gasteiger partial charge is 0.482 e. The predicted molar refractivity (Wildman–Crippen MR) is 85.5 cm³/mol. The predicted octanol–water partition coefficient (Wildman–Crippen LogP) is 1.67. The Morgan fingerprint density at radius 1 is 1.30 bits per heavy atom. The fourth-order valence-electron chi connectivity index (χ4n) is 2.08. The zero-order valence-corrected chi connectivity index (χ0v) is 13.6. The summed E-state index contributed by atoms with van der Waals surface area (Å²) in [5, 5.41) is 20.9. The van der Waals surface area contributed by atoms with Gasteiger partial charge in [0.05, 0.1) is 17.1 Å². The summed E-state index contributed by atoms with van der Waals surface area (Å²) in [4.78, 5) is 22.7. The molecule has 0 saturated carbocycles. The Morgan fingerprint density at radius 2 is 2.00 bits per heavy atom. The lowest BCUT2D eigenvalue weighted by molar-refractivity contribution is -0.123. The summed E-state index contributed by atoms with van der Waals surface area (Å²) in [5.41, 5.74) is 0.568. The van der Waals surface area contributed by atoms with Gasteiger partial charge in [0.1, 0.15) is 16.5 Å². The molecule has 0 unspecified atom stereocenters. The van der Waals surface area contributed by atoms with Crippen molar-refractivity contribution >= 4 is 46.0 Å². The number of carboxylic acids is 1. The van der Waals surface area contributed by atoms with E-state index in [9.17, 15) is 9.59 Å². The number of ether oxygens (including phenoxy) is 1. The van der Waals surface area contributed by atoms with Gasteiger partial charge in [-0.25, -0.2) is 4.79 Å². The van der Waals surface area contributed by atoms with Crippen molar-refractivity contribution in [1.29, 1.82) is 0 Å². The van der Waals surface area contributed by atoms with Gasteiger partial charge in [0.15, 0.2) is 6.61 Å². The molecule has 1 amide bonds. The molecule has 0 fully saturated rings. The summed E-state index contributed by atoms with van der Waals surface area (Å²) in [6.45, 7) is -0.362. The molecule has 0 bridgehead atoms. The highest BCUT2D eigenvalue weighted by molar-refractivity contribution is 6.46. The number of aromatic nitrogens is 1. The topological polar surface area (TPSA) is 101 Å². The molecule has 0 saturated heterocycles. The van der Waals surface area contributed by atoms with E-state index in [-0.39, 0.29) is 41.2 Å². The molecule has 7 nitrogen and oxygen atoms in total. The first-order chi connectivity index (χ1) is 10.9. The quantitative estimate of drug-likeness (QED) is 0.727. The van der Waals surface area contributed by atoms with Crippen LogP contribution in [0.25, 0.3) is 10.9 Å². The molecule has 2 aromatic rings. The number of benzene rings is 1. The number of carboxylic acid groups (broad SMARTS) is 1. The van der Waals surface area contributed by atoms with Crippen molar-refractivity contribution in [2.75, 3.05) is 19.8 Å². The third-order valence-corrected chi connectivity index (χ3v) is 4.07. The number of nitrogens with one attached hydrogen (secondary N) is 1. The van der Waals surface area contributed by atoms with Gasteiger partial charge < -0.3 is 24.8 Å². The molecule has 0 aliphatic heterocycles. The number of aliphatic hydroxyl groups excluding tert-OH is 1. The minimum absolute atomic E-state index is 0.0517. The lowest BCUT2D eigenvalue weighted by Crippen LogP contribution is -2.31. The summed E-state index contributed by atoms with van der Waals surface area (Å²) in [6.07, 6.45) is 0. The van der Waals surface area contributed by atoms with E-state index < -0.39 is 11.9 Å². The standard InChI is InChI=1S/C14H14Cl2N2O5/c1-18-8-5-10(23-6-11(20)17-2-3-19)13(16)12(15)7(8)4-9(18)14(21)22/h4-5,19H,2-3,6H2,1H3,(H,17,20)(H,21,22). The molecule has 0 aliphatic rings. The fraction of sp³-hybridized carbons (Fsp3) is 0.286. The summed E-state index contributed by atoms with van der Waals surface area (Å²) < 4.78 is 6.78. The first-order valence-electron chi connectivity index (χ1n) is 6.58. The van der Waals surface area contributed by atoms with Gasteiger partial charge in [-0.2, -0.15) is 0 Å². The Kier molecular flexibility index (Phi) is 5.35. The number of amides is 1. The Bertz CT molecular complexity index is 772. The van der Waals surface area contributed by atoms with Gasteiger partial charge in [0.25, 0.3) is 5.91 Å². The third-order valence-electron chi connectivity index (χ3n) is 3.20. The Balaban J connectivity index is 2.34. The van der Waals surface area contributed by atoms with Crippen LogP contribution in [0.15, 0.2) is 12.1 Å². The van der Waals surface area contributed by atoms with Gasteiger partial charge in [-0.15, -0.1) is 0 Å². The van der Waals surface area contributed by atoms with Gasteiger partial charge in [-0.3, -0.25) is 4.79 Å². The van der Waals surface area contributed by atoms with Crippen molar-refractivity contribution in [2.24, 2.45) is 7.05 Å². The van der Waals surface area contributed by atoms with Crippen molar-refractivity contribution in [3.05, 3.63) is 27.9 Å². The van der Waals surface area contributed by atoms with Crippen molar-refractivity contribution in [2.45, 2.75) is 0 Å². The van der Waals surface area contributed by atoms with E-state index in [1.165, 1.54) is 16.7 Å². The minimum Gasteiger partial charge on any atom is -0.482 e. The summed E-state index contributed by atoms with van der Waals surface area (Å²) in [7, 11) is 1.58. The lowest BCUT2D eigenvalue weighted by Gasteiger charge is -2.11. The Labute approximate surface area is 141 Å². The highest BCUT2D eigenvalue weighted by atomic mass is 35.5. The number of hydrogen-bond acceptors (Lipinski definition) is 4. The second kappa shape index (κ2) is 7.08. The molecule has 0 aliphatic carbocycles. The van der Waals surface area contributed by atoms with Crippen molar-refractivity contribution in [3.8, 4) is 5.75 Å². The van der Waals surface area contributed by atoms with Crippen molar-refractivity contribution < 1.29 is 24.5 Å². The van der Waals surface area contributed by atoms with Crippen LogP contribution in [0.1, 0.15) is 10.5 Å². The highest BCUT2D eigenvalue weighted by Gasteiger charge is 2.19. The molecule has 23 heavy (non-hydrogen) atoms. The second-order valence-corrected chi connectivity index (χ2v) is 5.45. The number of aromatic carboxylic acids is 1. The number of aliphatic hydroxyl groups is 1. The number of halogens is 2. The van der Waals surface area contributed by atoms with E-state index >= 15 is 0 Å². The number of carbonyl (C=O) groups excluding carboxylic acids is 1. The normalized spacial score (nSPS) is 10.8. The van der Waals surface area contributed by atoms with Gasteiger partial charge in [0, 0.05) is 25.0 Å². The molecule has 0 spiro atoms. The molecular formula is C14H14Cl2N2O5. The van der Waals surface area contributed by atoms with Gasteiger partial charge in [0.2, 0.25) is 0 Å². The van der Waals surface area contributed by atoms with Crippen LogP contribution in [-0.2, 0) is 11.8 Å². The van der Waals surface area contributed by atoms with Gasteiger partial charge in [-0.05, 0) is 6.07 Å². The minimum atomic E-state index is -1.10. The van der Waals surface area contributed by atoms with E-state index in [0.29, 0.717) is 10.9 Å². The number of nitrogens with zero attached hydrogens (tertiary/aromatic N) is 1. The molecule has 1 aromatic carbocycles. The SMILES string of the molecule is Cn1c(C(=O)O)cc2c(Cl)c(Cl)c(OCC(=O)NCCO)cc21. The average Bonchev–Trinajstić information content (AvgIpc) is 2.84. The summed E-state index contributed by atoms with van der Waals surface area (Å²) in [6, 6.07) is 2.94. The second-order valence-electron chi connectivity index (χ2n) is 4.69. The number of fused-ring (bicyclic) bond motifs is 1. The van der Waals surface area contributed by atoms with Crippen molar-refractivity contribution in [1.82, 2.24) is 9.88 Å². The monoisotopic (exact) mass is 360 g/mol. The van der Waals surface area contributed by atoms with Crippen LogP contribution in [0.3, 0.4) is 0 Å². The van der Waals surface area contributed by atoms with E-state index in [4.69, 9.17) is 38.2 Å². The van der Waals surface area contributed by atoms with Gasteiger partial charge in [-0.1, -0.05) is 23.2 Å². The zero-order chi connectivity index (χ0) is 17.1. The van der Waals surface area contributed by atoms with Crippen LogP contribution in [0, 0.1) is 0 Å². The summed E-state index contributed by atoms with van der Waals surface area (Å²) >= 11 is 12.3. The number of carbonyl (C=O) groups is 2. The first kappa shape index (κ1) is 17.4. The summed E-state index contributed by atoms with van der Waals surface area (Å²) in [5.74, 6) is -1.35. The van der Waals surface area contributed by atoms with Crippen LogP contribution in [-0.4, -0.2) is 46.4 Å². The molecule has 3 N–H and O–H groups in total. The Morgan fingerprint density at radius 3 is 2.61 bits per heavy atom. The van der Waals surface area contributed by atoms with E-state index in [1.807, 2.05) is 0 Å². The van der Waals surface area contributed by atoms with Crippen molar-refractivity contribution in [3.63, 3.8) is 0 Å². The molecule has 1 aromatic heterocycles. The average molecular weight is 361 g/mol. The van der Waals surface area contributed by atoms with Crippen LogP contribution in [0.2, 0.25) is 10.0 Å². The molecular weight excluding hydrogens is 347 g/mol. The molecule has 0 atom stereocenters. The van der Waals surface area contributed by atoms with Crippen LogP contribution in [0.5, 0.6) is 5.75 Å². The van der Waals surface area contributed by atoms with Gasteiger partial charge >= 0.3 is 5.97 Å². The molecule has 124 valence electrons. The molecule has 2 rings (SSSR count). The highest BCUT2D eigenvalue weighted by Crippen LogP contribution is 2.39. The third kappa shape index (κ3) is 3.52. The number of aryl methyl sites for hydroxylation is 1. The molecule has 0 radical (unpaired) electrons. The number of rotatable bonds is 6. The van der Waals surface area contributed by atoms with E-state index in [1.54, 1.807) is 7.05 Å². The molecule has 1 heterocycles. The van der Waals surface area contributed by atoms with Crippen LogP contribution < -0.4 is 10.1 Å². The van der Waals surface area contributed by atoms with E-state index in [0.717, 1.165) is 0 Å². The first-order valence-corrected chi connectivity index (χ1v) is 7.33. The smallest absolute Gasteiger partial charge is 0.352 e. The van der Waals surface area contributed by atoms with Crippen LogP contribution >= 0.6 is 23.2 Å². The number of hydrogen-bond donors (Lipinski definition) is 3. The van der Waals surface area contributed by atoms with E-state index in [2.05, 4.69) is 5.32 Å².